The van der Waals surface area contributed by atoms with Crippen LogP contribution in [0.4, 0.5) is 10.1 Å². The highest BCUT2D eigenvalue weighted by atomic mass is 31.0. The molecule has 0 spiro atoms. The smallest absolute Gasteiger partial charge is 0.133 e. The van der Waals surface area contributed by atoms with E-state index in [2.05, 4.69) is 20.4 Å². The minimum absolute atomic E-state index is 0.303. The number of hydrogen-bond acceptors (Lipinski definition) is 2. The number of anilines is 1. The zero-order chi connectivity index (χ0) is 14.7. The summed E-state index contributed by atoms with van der Waals surface area (Å²) in [6.45, 7) is 4.09. The van der Waals surface area contributed by atoms with E-state index in [-0.39, 0.29) is 5.82 Å². The van der Waals surface area contributed by atoms with E-state index >= 15 is 0 Å². The lowest BCUT2D eigenvalue weighted by atomic mass is 10.0. The summed E-state index contributed by atoms with van der Waals surface area (Å²) in [7, 11) is 3.39. The van der Waals surface area contributed by atoms with Gasteiger partial charge in [0, 0.05) is 22.0 Å². The lowest BCUT2D eigenvalue weighted by Crippen LogP contribution is -2.11. The predicted octanol–water partition coefficient (Wildman–Crippen LogP) is 2.78. The third-order valence-electron chi connectivity index (χ3n) is 3.92. The highest BCUT2D eigenvalue weighted by Gasteiger charge is 2.15. The van der Waals surface area contributed by atoms with Crippen molar-refractivity contribution < 1.29 is 4.39 Å². The number of imidazole rings is 1. The first-order valence-electron chi connectivity index (χ1n) is 6.42. The van der Waals surface area contributed by atoms with Crippen LogP contribution >= 0.6 is 8.86 Å². The van der Waals surface area contributed by atoms with Crippen molar-refractivity contribution in [3.63, 3.8) is 0 Å². The van der Waals surface area contributed by atoms with Gasteiger partial charge in [-0.2, -0.15) is 0 Å². The number of nitrogens with two attached hydrogens (primary N) is 1. The molecule has 0 amide bonds. The lowest BCUT2D eigenvalue weighted by Gasteiger charge is -2.11. The third kappa shape index (κ3) is 1.43. The maximum absolute atomic E-state index is 14.3. The summed E-state index contributed by atoms with van der Waals surface area (Å²) >= 11 is 0. The SMILES string of the molecule is C=c1c2c(C=P)c(N)ccc2n2cnc3ccc(F)c1c32. The van der Waals surface area contributed by atoms with Crippen molar-refractivity contribution in [2.75, 3.05) is 5.73 Å². The first-order chi connectivity index (χ1) is 10.1. The summed E-state index contributed by atoms with van der Waals surface area (Å²) in [6, 6.07) is 6.84. The summed E-state index contributed by atoms with van der Waals surface area (Å²) < 4.78 is 16.2. The van der Waals surface area contributed by atoms with Gasteiger partial charge in [-0.3, -0.25) is 4.40 Å². The minimum atomic E-state index is -0.303. The molecule has 4 aromatic rings. The van der Waals surface area contributed by atoms with Gasteiger partial charge in [-0.1, -0.05) is 6.58 Å². The van der Waals surface area contributed by atoms with Gasteiger partial charge in [0.1, 0.15) is 12.1 Å². The Morgan fingerprint density at radius 3 is 2.81 bits per heavy atom. The largest absolute Gasteiger partial charge is 0.398 e. The van der Waals surface area contributed by atoms with Crippen LogP contribution in [0, 0.1) is 5.82 Å². The first kappa shape index (κ1) is 12.3. The van der Waals surface area contributed by atoms with Gasteiger partial charge >= 0.3 is 0 Å². The monoisotopic (exact) mass is 295 g/mol. The summed E-state index contributed by atoms with van der Waals surface area (Å²) in [5.74, 6) is 1.43. The lowest BCUT2D eigenvalue weighted by molar-refractivity contribution is 0.639. The molecule has 0 bridgehead atoms. The fourth-order valence-electron chi connectivity index (χ4n) is 2.97. The summed E-state index contributed by atoms with van der Waals surface area (Å²) in [5.41, 5.74) is 9.83. The first-order valence-corrected chi connectivity index (χ1v) is 6.99. The Morgan fingerprint density at radius 2 is 2.05 bits per heavy atom. The van der Waals surface area contributed by atoms with E-state index in [9.17, 15) is 4.39 Å². The summed E-state index contributed by atoms with van der Waals surface area (Å²) in [5, 5.41) is 1.93. The molecule has 4 rings (SSSR count). The van der Waals surface area contributed by atoms with Crippen molar-refractivity contribution in [3.8, 4) is 0 Å². The Hall–Kier alpha value is -2.45. The fourth-order valence-corrected chi connectivity index (χ4v) is 3.28. The Kier molecular flexibility index (Phi) is 2.36. The second kappa shape index (κ2) is 4.03. The molecular formula is C16H11FN3P. The molecule has 21 heavy (non-hydrogen) atoms. The van der Waals surface area contributed by atoms with Crippen molar-refractivity contribution in [1.82, 2.24) is 9.38 Å². The van der Waals surface area contributed by atoms with Crippen LogP contribution in [0.5, 0.6) is 0 Å². The molecular weight excluding hydrogens is 284 g/mol. The third-order valence-corrected chi connectivity index (χ3v) is 4.21. The van der Waals surface area contributed by atoms with Gasteiger partial charge < -0.3 is 5.73 Å². The van der Waals surface area contributed by atoms with Crippen molar-refractivity contribution in [3.05, 3.63) is 47.2 Å². The van der Waals surface area contributed by atoms with Gasteiger partial charge in [0.2, 0.25) is 0 Å². The van der Waals surface area contributed by atoms with Crippen LogP contribution in [-0.4, -0.2) is 15.2 Å². The molecule has 102 valence electrons. The van der Waals surface area contributed by atoms with Gasteiger partial charge in [-0.15, -0.1) is 8.86 Å². The van der Waals surface area contributed by atoms with Gasteiger partial charge in [0.15, 0.2) is 0 Å². The maximum atomic E-state index is 14.3. The number of benzene rings is 2. The van der Waals surface area contributed by atoms with Crippen LogP contribution in [0.25, 0.3) is 33.9 Å². The quantitative estimate of drug-likeness (QED) is 0.333. The van der Waals surface area contributed by atoms with Crippen molar-refractivity contribution in [2.45, 2.75) is 0 Å². The summed E-state index contributed by atoms with van der Waals surface area (Å²) in [4.78, 5) is 4.34. The van der Waals surface area contributed by atoms with Gasteiger partial charge in [0.05, 0.1) is 16.6 Å². The number of pyridine rings is 1. The van der Waals surface area contributed by atoms with Gasteiger partial charge in [-0.25, -0.2) is 9.37 Å². The van der Waals surface area contributed by atoms with Crippen LogP contribution in [0.15, 0.2) is 30.6 Å². The molecule has 2 aromatic heterocycles. The average molecular weight is 295 g/mol. The molecule has 2 aromatic carbocycles. The Labute approximate surface area is 121 Å². The second-order valence-corrected chi connectivity index (χ2v) is 5.28. The molecule has 0 radical (unpaired) electrons. The van der Waals surface area contributed by atoms with E-state index in [1.807, 2.05) is 16.5 Å². The molecule has 0 aliphatic carbocycles. The number of aromatic nitrogens is 2. The van der Waals surface area contributed by atoms with Crippen molar-refractivity contribution in [1.29, 1.82) is 0 Å². The van der Waals surface area contributed by atoms with Crippen molar-refractivity contribution >= 4 is 54.2 Å². The summed E-state index contributed by atoms with van der Waals surface area (Å²) in [6.07, 6.45) is 1.70. The van der Waals surface area contributed by atoms with E-state index in [4.69, 9.17) is 5.73 Å². The molecule has 0 aliphatic rings. The van der Waals surface area contributed by atoms with Crippen LogP contribution in [0.1, 0.15) is 5.56 Å². The number of fused-ring (bicyclic) bond motifs is 2. The van der Waals surface area contributed by atoms with E-state index in [1.165, 1.54) is 6.07 Å². The molecule has 3 nitrogen and oxygen atoms in total. The standard InChI is InChI=1S/C16H11FN3P/c1-8-14-9(6-21)11(18)3-5-13(14)20-7-19-12-4-2-10(17)15(8)16(12)20/h2-7,21H,1,18H2. The van der Waals surface area contributed by atoms with Gasteiger partial charge in [0.25, 0.3) is 0 Å². The number of nitrogen functional groups attached to an aromatic ring is 1. The normalized spacial score (nSPS) is 11.7. The van der Waals surface area contributed by atoms with Gasteiger partial charge in [-0.05, 0) is 35.3 Å². The van der Waals surface area contributed by atoms with Crippen LogP contribution in [-0.2, 0) is 0 Å². The fraction of sp³-hybridized carbons (Fsp3) is 0. The van der Waals surface area contributed by atoms with Crippen LogP contribution < -0.4 is 11.0 Å². The number of nitrogens with zero attached hydrogens (tertiary/aromatic N) is 2. The molecule has 0 saturated carbocycles. The number of halogens is 1. The zero-order valence-electron chi connectivity index (χ0n) is 11.0. The second-order valence-electron chi connectivity index (χ2n) is 4.99. The highest BCUT2D eigenvalue weighted by Crippen LogP contribution is 2.28. The average Bonchev–Trinajstić information content (AvgIpc) is 2.90. The van der Waals surface area contributed by atoms with E-state index in [1.54, 1.807) is 18.2 Å². The number of rotatable bonds is 1. The van der Waals surface area contributed by atoms with Crippen LogP contribution in [0.2, 0.25) is 0 Å². The molecule has 2 N–H and O–H groups in total. The zero-order valence-corrected chi connectivity index (χ0v) is 12.0. The minimum Gasteiger partial charge on any atom is -0.398 e. The Morgan fingerprint density at radius 1 is 1.24 bits per heavy atom. The molecule has 0 aliphatic heterocycles. The van der Waals surface area contributed by atoms with E-state index in [0.717, 1.165) is 27.5 Å². The van der Waals surface area contributed by atoms with Crippen molar-refractivity contribution in [2.24, 2.45) is 0 Å². The van der Waals surface area contributed by atoms with E-state index in [0.29, 0.717) is 16.3 Å². The Balaban J connectivity index is 2.49. The predicted molar refractivity (Wildman–Crippen MR) is 88.8 cm³/mol. The maximum Gasteiger partial charge on any atom is 0.133 e. The number of hydrogen-bond donors (Lipinski definition) is 1. The molecule has 2 heterocycles. The van der Waals surface area contributed by atoms with E-state index < -0.39 is 0 Å². The highest BCUT2D eigenvalue weighted by molar-refractivity contribution is 7.19. The molecule has 5 heteroatoms. The molecule has 0 atom stereocenters. The molecule has 0 fully saturated rings. The Bertz CT molecular complexity index is 1100. The van der Waals surface area contributed by atoms with Crippen LogP contribution in [0.3, 0.4) is 0 Å². The molecule has 0 saturated heterocycles. The topological polar surface area (TPSA) is 43.3 Å². The molecule has 0 unspecified atom stereocenters.